The van der Waals surface area contributed by atoms with Crippen molar-refractivity contribution in [2.24, 2.45) is 0 Å². The number of nitrogens with one attached hydrogen (secondary N) is 3. The van der Waals surface area contributed by atoms with Gasteiger partial charge in [-0.25, -0.2) is 4.79 Å². The Bertz CT molecular complexity index is 976. The fourth-order valence-electron chi connectivity index (χ4n) is 3.19. The van der Waals surface area contributed by atoms with Gasteiger partial charge in [0.1, 0.15) is 17.6 Å². The number of H-pyrrole nitrogens is 2. The van der Waals surface area contributed by atoms with Crippen molar-refractivity contribution in [1.29, 1.82) is 0 Å². The molecule has 8 heteroatoms. The zero-order chi connectivity index (χ0) is 19.6. The molecule has 8 nitrogen and oxygen atoms in total. The second-order valence-corrected chi connectivity index (χ2v) is 6.58. The van der Waals surface area contributed by atoms with Crippen LogP contribution in [0, 0.1) is 6.92 Å². The summed E-state index contributed by atoms with van der Waals surface area (Å²) in [6, 6.07) is 3.68. The summed E-state index contributed by atoms with van der Waals surface area (Å²) >= 11 is 0. The number of amides is 1. The van der Waals surface area contributed by atoms with E-state index in [4.69, 9.17) is 9.47 Å². The van der Waals surface area contributed by atoms with Gasteiger partial charge in [0.2, 0.25) is 5.91 Å². The molecule has 1 aromatic heterocycles. The first-order valence-electron chi connectivity index (χ1n) is 8.95. The minimum Gasteiger partial charge on any atom is -0.492 e. The second-order valence-electron chi connectivity index (χ2n) is 6.58. The first kappa shape index (κ1) is 18.8. The van der Waals surface area contributed by atoms with Gasteiger partial charge >= 0.3 is 5.69 Å². The molecule has 0 fully saturated rings. The number of ether oxygens (including phenoxy) is 2. The van der Waals surface area contributed by atoms with Crippen LogP contribution in [0.4, 0.5) is 5.69 Å². The molecule has 1 amide bonds. The van der Waals surface area contributed by atoms with Crippen molar-refractivity contribution in [1.82, 2.24) is 9.97 Å². The normalized spacial score (nSPS) is 15.1. The first-order chi connectivity index (χ1) is 12.9. The molecular weight excluding hydrogens is 350 g/mol. The largest absolute Gasteiger partial charge is 0.492 e. The standard InChI is InChI=1S/C19H23N3O5/c1-4-26-16-8-12-7-10(2)27-15(12)9-14(16)21-17(23)6-5-13-11(3)20-19(25)22-18(13)24/h8-10H,4-7H2,1-3H3,(H,21,23)(H2,20,22,24,25)/t10-/m0/s1. The molecule has 0 aliphatic carbocycles. The Balaban J connectivity index is 1.74. The maximum absolute atomic E-state index is 12.4. The third kappa shape index (κ3) is 4.21. The lowest BCUT2D eigenvalue weighted by Crippen LogP contribution is -2.27. The van der Waals surface area contributed by atoms with Crippen molar-refractivity contribution in [3.05, 3.63) is 49.8 Å². The number of anilines is 1. The van der Waals surface area contributed by atoms with E-state index in [0.717, 1.165) is 17.7 Å². The Morgan fingerprint density at radius 1 is 1.33 bits per heavy atom. The molecule has 0 saturated carbocycles. The molecule has 0 unspecified atom stereocenters. The van der Waals surface area contributed by atoms with E-state index in [1.54, 1.807) is 13.0 Å². The van der Waals surface area contributed by atoms with Crippen LogP contribution in [0.5, 0.6) is 11.5 Å². The van der Waals surface area contributed by atoms with Gasteiger partial charge in [0.25, 0.3) is 5.56 Å². The van der Waals surface area contributed by atoms with Crippen LogP contribution < -0.4 is 26.0 Å². The van der Waals surface area contributed by atoms with E-state index >= 15 is 0 Å². The maximum atomic E-state index is 12.4. The summed E-state index contributed by atoms with van der Waals surface area (Å²) < 4.78 is 11.4. The number of aryl methyl sites for hydroxylation is 1. The van der Waals surface area contributed by atoms with Crippen LogP contribution in [0.15, 0.2) is 21.7 Å². The van der Waals surface area contributed by atoms with Crippen molar-refractivity contribution in [3.8, 4) is 11.5 Å². The summed E-state index contributed by atoms with van der Waals surface area (Å²) in [5.74, 6) is 1.08. The molecule has 3 rings (SSSR count). The molecule has 1 aliphatic heterocycles. The van der Waals surface area contributed by atoms with Gasteiger partial charge in [0.15, 0.2) is 0 Å². The molecule has 1 atom stereocenters. The fraction of sp³-hybridized carbons (Fsp3) is 0.421. The average Bonchev–Trinajstić information content (AvgIpc) is 2.93. The van der Waals surface area contributed by atoms with Crippen molar-refractivity contribution < 1.29 is 14.3 Å². The van der Waals surface area contributed by atoms with Gasteiger partial charge in [-0.15, -0.1) is 0 Å². The lowest BCUT2D eigenvalue weighted by Gasteiger charge is -2.13. The van der Waals surface area contributed by atoms with Gasteiger partial charge in [0.05, 0.1) is 12.3 Å². The number of benzene rings is 1. The summed E-state index contributed by atoms with van der Waals surface area (Å²) in [5.41, 5.74) is 1.42. The molecule has 2 aromatic rings. The SMILES string of the molecule is CCOc1cc2c(cc1NC(=O)CCc1c(C)[nH]c(=O)[nH]c1=O)O[C@@H](C)C2. The molecule has 1 aliphatic rings. The number of hydrogen-bond acceptors (Lipinski definition) is 5. The van der Waals surface area contributed by atoms with Crippen LogP contribution >= 0.6 is 0 Å². The van der Waals surface area contributed by atoms with Crippen molar-refractivity contribution in [3.63, 3.8) is 0 Å². The quantitative estimate of drug-likeness (QED) is 0.713. The lowest BCUT2D eigenvalue weighted by molar-refractivity contribution is -0.116. The summed E-state index contributed by atoms with van der Waals surface area (Å²) in [6.45, 7) is 5.98. The maximum Gasteiger partial charge on any atom is 0.325 e. The first-order valence-corrected chi connectivity index (χ1v) is 8.95. The highest BCUT2D eigenvalue weighted by Gasteiger charge is 2.22. The van der Waals surface area contributed by atoms with Crippen LogP contribution in [0.1, 0.15) is 37.1 Å². The second kappa shape index (κ2) is 7.69. The van der Waals surface area contributed by atoms with Gasteiger partial charge < -0.3 is 19.8 Å². The molecule has 3 N–H and O–H groups in total. The zero-order valence-electron chi connectivity index (χ0n) is 15.6. The number of fused-ring (bicyclic) bond motifs is 1. The smallest absolute Gasteiger partial charge is 0.325 e. The number of aromatic nitrogens is 2. The van der Waals surface area contributed by atoms with Crippen LogP contribution in [0.2, 0.25) is 0 Å². The Labute approximate surface area is 155 Å². The van der Waals surface area contributed by atoms with E-state index < -0.39 is 11.2 Å². The third-order valence-corrected chi connectivity index (χ3v) is 4.43. The van der Waals surface area contributed by atoms with Crippen molar-refractivity contribution in [2.75, 3.05) is 11.9 Å². The number of rotatable bonds is 6. The monoisotopic (exact) mass is 373 g/mol. The molecule has 144 valence electrons. The highest BCUT2D eigenvalue weighted by Crippen LogP contribution is 2.38. The molecule has 0 bridgehead atoms. The van der Waals surface area contributed by atoms with Gasteiger partial charge in [-0.05, 0) is 33.3 Å². The summed E-state index contributed by atoms with van der Waals surface area (Å²) in [7, 11) is 0. The van der Waals surface area contributed by atoms with Crippen LogP contribution in [-0.2, 0) is 17.6 Å². The number of carbonyl (C=O) groups excluding carboxylic acids is 1. The zero-order valence-corrected chi connectivity index (χ0v) is 15.6. The average molecular weight is 373 g/mol. The van der Waals surface area contributed by atoms with E-state index in [1.165, 1.54) is 0 Å². The van der Waals surface area contributed by atoms with Crippen LogP contribution in [0.3, 0.4) is 0 Å². The molecule has 0 spiro atoms. The Hall–Kier alpha value is -3.03. The third-order valence-electron chi connectivity index (χ3n) is 4.43. The summed E-state index contributed by atoms with van der Waals surface area (Å²) in [6.07, 6.45) is 1.20. The number of aromatic amines is 2. The lowest BCUT2D eigenvalue weighted by atomic mass is 10.1. The molecule has 0 saturated heterocycles. The van der Waals surface area contributed by atoms with Gasteiger partial charge in [0, 0.05) is 35.7 Å². The van der Waals surface area contributed by atoms with E-state index in [9.17, 15) is 14.4 Å². The van der Waals surface area contributed by atoms with E-state index in [0.29, 0.717) is 29.3 Å². The molecule has 27 heavy (non-hydrogen) atoms. The molecule has 1 aromatic carbocycles. The highest BCUT2D eigenvalue weighted by molar-refractivity contribution is 5.93. The van der Waals surface area contributed by atoms with Gasteiger partial charge in [-0.1, -0.05) is 0 Å². The van der Waals surface area contributed by atoms with E-state index in [-0.39, 0.29) is 24.9 Å². The predicted molar refractivity (Wildman–Crippen MR) is 101 cm³/mol. The summed E-state index contributed by atoms with van der Waals surface area (Å²) in [5, 5.41) is 2.83. The van der Waals surface area contributed by atoms with E-state index in [2.05, 4.69) is 15.3 Å². The Morgan fingerprint density at radius 3 is 2.81 bits per heavy atom. The van der Waals surface area contributed by atoms with Crippen molar-refractivity contribution >= 4 is 11.6 Å². The predicted octanol–water partition coefficient (Wildman–Crippen LogP) is 1.67. The molecule has 2 heterocycles. The van der Waals surface area contributed by atoms with Crippen molar-refractivity contribution in [2.45, 2.75) is 46.1 Å². The minimum atomic E-state index is -0.556. The van der Waals surface area contributed by atoms with Gasteiger partial charge in [-0.3, -0.25) is 14.6 Å². The van der Waals surface area contributed by atoms with Crippen LogP contribution in [-0.4, -0.2) is 28.6 Å². The van der Waals surface area contributed by atoms with Crippen LogP contribution in [0.25, 0.3) is 0 Å². The van der Waals surface area contributed by atoms with E-state index in [1.807, 2.05) is 19.9 Å². The number of carbonyl (C=O) groups is 1. The summed E-state index contributed by atoms with van der Waals surface area (Å²) in [4.78, 5) is 40.2. The Kier molecular flexibility index (Phi) is 5.34. The topological polar surface area (TPSA) is 113 Å². The minimum absolute atomic E-state index is 0.0929. The molecule has 0 radical (unpaired) electrons. The van der Waals surface area contributed by atoms with Gasteiger partial charge in [-0.2, -0.15) is 0 Å². The molecular formula is C19H23N3O5. The number of hydrogen-bond donors (Lipinski definition) is 3. The highest BCUT2D eigenvalue weighted by atomic mass is 16.5. The Morgan fingerprint density at radius 2 is 2.11 bits per heavy atom. The fourth-order valence-corrected chi connectivity index (χ4v) is 3.19.